The van der Waals surface area contributed by atoms with Crippen molar-refractivity contribution in [1.29, 1.82) is 0 Å². The van der Waals surface area contributed by atoms with Gasteiger partial charge >= 0.3 is 51.4 Å². The molecule has 0 radical (unpaired) electrons. The van der Waals surface area contributed by atoms with Gasteiger partial charge in [0.2, 0.25) is 0 Å². The van der Waals surface area contributed by atoms with Crippen LogP contribution in [0.25, 0.3) is 0 Å². The molecule has 4 heteroatoms. The standard InChI is InChI=1S/C9H10O3.K/c10-8(9(11)12)6-7-4-2-1-3-5-7;/h1-5,8,10H,6H2,(H,11,12);/q;+1/p-1/t8-;/m1./s1. The summed E-state index contributed by atoms with van der Waals surface area (Å²) in [5.74, 6) is -1.43. The third kappa shape index (κ3) is 4.90. The van der Waals surface area contributed by atoms with E-state index < -0.39 is 12.1 Å². The fourth-order valence-electron chi connectivity index (χ4n) is 0.921. The van der Waals surface area contributed by atoms with E-state index in [0.29, 0.717) is 0 Å². The zero-order valence-corrected chi connectivity index (χ0v) is 10.6. The monoisotopic (exact) mass is 204 g/mol. The van der Waals surface area contributed by atoms with Gasteiger partial charge in [0.25, 0.3) is 0 Å². The number of carbonyl (C=O) groups is 1. The first-order valence-corrected chi connectivity index (χ1v) is 3.63. The van der Waals surface area contributed by atoms with Crippen molar-refractivity contribution >= 4 is 5.97 Å². The molecule has 0 aliphatic carbocycles. The Hall–Kier alpha value is 0.286. The van der Waals surface area contributed by atoms with E-state index in [2.05, 4.69) is 0 Å². The summed E-state index contributed by atoms with van der Waals surface area (Å²) in [7, 11) is 0. The zero-order chi connectivity index (χ0) is 8.97. The van der Waals surface area contributed by atoms with Gasteiger partial charge in [-0.05, 0) is 5.56 Å². The summed E-state index contributed by atoms with van der Waals surface area (Å²) in [6.07, 6.45) is -1.31. The van der Waals surface area contributed by atoms with E-state index >= 15 is 0 Å². The Kier molecular flexibility index (Phi) is 6.85. The fourth-order valence-corrected chi connectivity index (χ4v) is 0.921. The van der Waals surface area contributed by atoms with Crippen LogP contribution in [0.3, 0.4) is 0 Å². The summed E-state index contributed by atoms with van der Waals surface area (Å²) in [4.78, 5) is 10.1. The van der Waals surface area contributed by atoms with Crippen molar-refractivity contribution < 1.29 is 66.4 Å². The molecule has 0 bridgehead atoms. The molecule has 1 atom stereocenters. The number of benzene rings is 1. The first kappa shape index (κ1) is 13.3. The Morgan fingerprint density at radius 1 is 1.38 bits per heavy atom. The van der Waals surface area contributed by atoms with Crippen LogP contribution in [0.1, 0.15) is 5.56 Å². The van der Waals surface area contributed by atoms with E-state index in [1.807, 2.05) is 6.07 Å². The topological polar surface area (TPSA) is 60.4 Å². The maximum Gasteiger partial charge on any atom is 1.00 e. The average molecular weight is 204 g/mol. The largest absolute Gasteiger partial charge is 1.00 e. The van der Waals surface area contributed by atoms with E-state index in [4.69, 9.17) is 5.11 Å². The summed E-state index contributed by atoms with van der Waals surface area (Å²) in [6, 6.07) is 8.92. The second kappa shape index (κ2) is 6.70. The van der Waals surface area contributed by atoms with Crippen LogP contribution < -0.4 is 56.5 Å². The second-order valence-corrected chi connectivity index (χ2v) is 2.52. The fraction of sp³-hybridized carbons (Fsp3) is 0.222. The molecule has 13 heavy (non-hydrogen) atoms. The maximum absolute atomic E-state index is 10.1. The van der Waals surface area contributed by atoms with E-state index in [-0.39, 0.29) is 57.8 Å². The van der Waals surface area contributed by atoms with Crippen LogP contribution in [0, 0.1) is 0 Å². The first-order chi connectivity index (χ1) is 5.70. The molecule has 1 aromatic carbocycles. The van der Waals surface area contributed by atoms with Crippen LogP contribution in [0.5, 0.6) is 0 Å². The van der Waals surface area contributed by atoms with Crippen molar-refractivity contribution in [2.75, 3.05) is 0 Å². The van der Waals surface area contributed by atoms with Crippen LogP contribution >= 0.6 is 0 Å². The summed E-state index contributed by atoms with van der Waals surface area (Å²) < 4.78 is 0. The Bertz CT molecular complexity index is 261. The predicted molar refractivity (Wildman–Crippen MR) is 41.2 cm³/mol. The molecule has 3 nitrogen and oxygen atoms in total. The van der Waals surface area contributed by atoms with E-state index in [1.54, 1.807) is 24.3 Å². The number of aliphatic hydroxyl groups is 1. The molecule has 0 fully saturated rings. The molecule has 0 aromatic heterocycles. The number of rotatable bonds is 3. The number of carboxylic acids is 1. The number of carboxylic acid groups (broad SMARTS) is 1. The first-order valence-electron chi connectivity index (χ1n) is 3.63. The minimum atomic E-state index is -1.43. The van der Waals surface area contributed by atoms with Gasteiger partial charge in [-0.25, -0.2) is 0 Å². The minimum Gasteiger partial charge on any atom is -0.547 e. The molecule has 0 saturated heterocycles. The Labute approximate surface area is 119 Å². The van der Waals surface area contributed by atoms with Crippen LogP contribution in [0.4, 0.5) is 0 Å². The van der Waals surface area contributed by atoms with Crippen molar-refractivity contribution in [3.05, 3.63) is 35.9 Å². The molecular formula is C9H9KO3. The molecule has 0 aliphatic rings. The Balaban J connectivity index is 0.00000144. The molecule has 1 N–H and O–H groups in total. The van der Waals surface area contributed by atoms with Gasteiger partial charge in [-0.3, -0.25) is 0 Å². The smallest absolute Gasteiger partial charge is 0.547 e. The van der Waals surface area contributed by atoms with E-state index in [0.717, 1.165) is 5.56 Å². The van der Waals surface area contributed by atoms with E-state index in [9.17, 15) is 9.90 Å². The second-order valence-electron chi connectivity index (χ2n) is 2.52. The van der Waals surface area contributed by atoms with Gasteiger partial charge in [0, 0.05) is 6.42 Å². The van der Waals surface area contributed by atoms with Gasteiger partial charge in [0.15, 0.2) is 0 Å². The normalized spacial score (nSPS) is 11.5. The van der Waals surface area contributed by atoms with Crippen molar-refractivity contribution in [2.45, 2.75) is 12.5 Å². The number of aliphatic hydroxyl groups excluding tert-OH is 1. The van der Waals surface area contributed by atoms with Crippen LogP contribution in [-0.2, 0) is 11.2 Å². The van der Waals surface area contributed by atoms with Gasteiger partial charge in [0.05, 0.1) is 12.1 Å². The maximum atomic E-state index is 10.1. The summed E-state index contributed by atoms with van der Waals surface area (Å²) >= 11 is 0. The van der Waals surface area contributed by atoms with Crippen LogP contribution in [-0.4, -0.2) is 17.2 Å². The summed E-state index contributed by atoms with van der Waals surface area (Å²) in [6.45, 7) is 0. The third-order valence-corrected chi connectivity index (χ3v) is 1.54. The van der Waals surface area contributed by atoms with Crippen molar-refractivity contribution in [3.63, 3.8) is 0 Å². The predicted octanol–water partition coefficient (Wildman–Crippen LogP) is -3.66. The Morgan fingerprint density at radius 3 is 2.38 bits per heavy atom. The molecular weight excluding hydrogens is 195 g/mol. The van der Waals surface area contributed by atoms with E-state index in [1.165, 1.54) is 0 Å². The van der Waals surface area contributed by atoms with Gasteiger partial charge in [0.1, 0.15) is 0 Å². The van der Waals surface area contributed by atoms with Gasteiger partial charge in [-0.2, -0.15) is 0 Å². The number of hydrogen-bond acceptors (Lipinski definition) is 3. The van der Waals surface area contributed by atoms with Crippen molar-refractivity contribution in [3.8, 4) is 0 Å². The minimum absolute atomic E-state index is 0. The van der Waals surface area contributed by atoms with Gasteiger partial charge in [-0.15, -0.1) is 0 Å². The number of carbonyl (C=O) groups excluding carboxylic acids is 1. The van der Waals surface area contributed by atoms with Crippen LogP contribution in [0.15, 0.2) is 30.3 Å². The Morgan fingerprint density at radius 2 is 1.92 bits per heavy atom. The molecule has 0 heterocycles. The molecule has 1 rings (SSSR count). The quantitative estimate of drug-likeness (QED) is 0.516. The molecule has 0 amide bonds. The van der Waals surface area contributed by atoms with Crippen molar-refractivity contribution in [1.82, 2.24) is 0 Å². The molecule has 1 aromatic rings. The third-order valence-electron chi connectivity index (χ3n) is 1.54. The van der Waals surface area contributed by atoms with Gasteiger partial charge < -0.3 is 15.0 Å². The SMILES string of the molecule is O=C([O-])[C@H](O)Cc1ccccc1.[K+]. The van der Waals surface area contributed by atoms with Crippen molar-refractivity contribution in [2.24, 2.45) is 0 Å². The molecule has 64 valence electrons. The summed E-state index contributed by atoms with van der Waals surface area (Å²) in [5, 5.41) is 19.1. The van der Waals surface area contributed by atoms with Gasteiger partial charge in [-0.1, -0.05) is 30.3 Å². The molecule has 0 unspecified atom stereocenters. The zero-order valence-electron chi connectivity index (χ0n) is 7.43. The average Bonchev–Trinajstić information content (AvgIpc) is 2.06. The number of aliphatic carboxylic acids is 1. The molecule has 0 saturated carbocycles. The summed E-state index contributed by atoms with van der Waals surface area (Å²) in [5.41, 5.74) is 0.786. The molecule has 0 spiro atoms. The van der Waals surface area contributed by atoms with Crippen LogP contribution in [0.2, 0.25) is 0 Å². The number of hydrogen-bond donors (Lipinski definition) is 1. The molecule has 0 aliphatic heterocycles.